The average molecular weight is 417 g/mol. The number of β-lactam (4-membered cyclic amide) rings is 1. The quantitative estimate of drug-likeness (QED) is 0.748. The van der Waals surface area contributed by atoms with E-state index in [9.17, 15) is 9.59 Å². The number of ether oxygens (including phenoxy) is 1. The molecule has 2 heterocycles. The van der Waals surface area contributed by atoms with Gasteiger partial charge in [0.1, 0.15) is 11.5 Å². The molecule has 2 amide bonds. The highest BCUT2D eigenvalue weighted by molar-refractivity contribution is 8.00. The van der Waals surface area contributed by atoms with Crippen molar-refractivity contribution in [3.8, 4) is 0 Å². The van der Waals surface area contributed by atoms with Gasteiger partial charge in [0.25, 0.3) is 0 Å². The maximum Gasteiger partial charge on any atom is 0.407 e. The average Bonchev–Trinajstić information content (AvgIpc) is 2.73. The summed E-state index contributed by atoms with van der Waals surface area (Å²) in [6, 6.07) is 17.1. The third-order valence-electron chi connectivity index (χ3n) is 5.21. The molecule has 0 aromatic heterocycles. The second-order valence-corrected chi connectivity index (χ2v) is 8.65. The van der Waals surface area contributed by atoms with Crippen LogP contribution in [0.5, 0.6) is 0 Å². The van der Waals surface area contributed by atoms with Crippen LogP contribution >= 0.6 is 23.4 Å². The van der Waals surface area contributed by atoms with Crippen molar-refractivity contribution in [2.75, 3.05) is 18.8 Å². The van der Waals surface area contributed by atoms with E-state index in [0.717, 1.165) is 29.8 Å². The Labute approximate surface area is 173 Å². The van der Waals surface area contributed by atoms with Crippen molar-refractivity contribution in [2.45, 2.75) is 17.9 Å². The van der Waals surface area contributed by atoms with Gasteiger partial charge >= 0.3 is 6.09 Å². The Morgan fingerprint density at radius 1 is 1.21 bits per heavy atom. The van der Waals surface area contributed by atoms with E-state index in [4.69, 9.17) is 16.3 Å². The van der Waals surface area contributed by atoms with Crippen LogP contribution in [0, 0.1) is 5.92 Å². The number of rotatable bonds is 5. The highest BCUT2D eigenvalue weighted by Gasteiger charge is 2.62. The molecule has 0 aliphatic carbocycles. The van der Waals surface area contributed by atoms with Crippen molar-refractivity contribution in [1.29, 1.82) is 0 Å². The van der Waals surface area contributed by atoms with E-state index in [-0.39, 0.29) is 25.0 Å². The van der Waals surface area contributed by atoms with Crippen LogP contribution in [0.2, 0.25) is 5.02 Å². The lowest BCUT2D eigenvalue weighted by Gasteiger charge is -2.59. The molecule has 2 aliphatic heterocycles. The van der Waals surface area contributed by atoms with Crippen molar-refractivity contribution in [3.05, 3.63) is 70.7 Å². The number of nitrogens with zero attached hydrogens (tertiary/aromatic N) is 1. The fourth-order valence-electron chi connectivity index (χ4n) is 3.86. The second-order valence-electron chi connectivity index (χ2n) is 6.89. The SMILES string of the molecule is O=C(NC[C@@H]1C(=O)N2CCCS[C@@]12c1ccc(Cl)cc1)OCc1ccccc1. The Hall–Kier alpha value is -2.18. The largest absolute Gasteiger partial charge is 0.445 e. The number of thioether (sulfide) groups is 1. The third-order valence-corrected chi connectivity index (χ3v) is 7.13. The molecule has 0 spiro atoms. The summed E-state index contributed by atoms with van der Waals surface area (Å²) in [5.74, 6) is 0.732. The molecule has 0 saturated carbocycles. The van der Waals surface area contributed by atoms with Gasteiger partial charge in [-0.25, -0.2) is 4.79 Å². The van der Waals surface area contributed by atoms with E-state index in [1.54, 1.807) is 11.8 Å². The number of carbonyl (C=O) groups excluding carboxylic acids is 2. The Morgan fingerprint density at radius 3 is 2.71 bits per heavy atom. The van der Waals surface area contributed by atoms with Crippen molar-refractivity contribution >= 4 is 35.4 Å². The van der Waals surface area contributed by atoms with Crippen LogP contribution < -0.4 is 5.32 Å². The number of nitrogens with one attached hydrogen (secondary N) is 1. The molecule has 0 unspecified atom stereocenters. The van der Waals surface area contributed by atoms with Crippen LogP contribution in [0.1, 0.15) is 17.5 Å². The summed E-state index contributed by atoms with van der Waals surface area (Å²) in [5.41, 5.74) is 1.97. The van der Waals surface area contributed by atoms with Gasteiger partial charge < -0.3 is 15.0 Å². The third kappa shape index (κ3) is 3.47. The Balaban J connectivity index is 1.43. The van der Waals surface area contributed by atoms with E-state index in [0.29, 0.717) is 5.02 Å². The topological polar surface area (TPSA) is 58.6 Å². The van der Waals surface area contributed by atoms with Crippen LogP contribution in [0.25, 0.3) is 0 Å². The Bertz CT molecular complexity index is 862. The van der Waals surface area contributed by atoms with Crippen molar-refractivity contribution in [2.24, 2.45) is 5.92 Å². The highest BCUT2D eigenvalue weighted by Crippen LogP contribution is 2.56. The first-order valence-corrected chi connectivity index (χ1v) is 10.6. The molecule has 1 N–H and O–H groups in total. The molecule has 0 radical (unpaired) electrons. The molecular formula is C21H21ClN2O3S. The van der Waals surface area contributed by atoms with Gasteiger partial charge in [0.15, 0.2) is 0 Å². The molecule has 28 heavy (non-hydrogen) atoms. The lowest BCUT2D eigenvalue weighted by molar-refractivity contribution is -0.161. The Morgan fingerprint density at radius 2 is 1.96 bits per heavy atom. The summed E-state index contributed by atoms with van der Waals surface area (Å²) in [6.45, 7) is 1.19. The number of fused-ring (bicyclic) bond motifs is 1. The van der Waals surface area contributed by atoms with Crippen molar-refractivity contribution < 1.29 is 14.3 Å². The predicted molar refractivity (Wildman–Crippen MR) is 110 cm³/mol. The van der Waals surface area contributed by atoms with E-state index in [1.165, 1.54) is 0 Å². The highest BCUT2D eigenvalue weighted by atomic mass is 35.5. The van der Waals surface area contributed by atoms with Crippen LogP contribution in [-0.2, 0) is 21.0 Å². The molecule has 2 saturated heterocycles. The summed E-state index contributed by atoms with van der Waals surface area (Å²) in [6.07, 6.45) is 0.465. The zero-order chi connectivity index (χ0) is 19.6. The molecule has 146 valence electrons. The van der Waals surface area contributed by atoms with Crippen molar-refractivity contribution in [1.82, 2.24) is 10.2 Å². The van der Waals surface area contributed by atoms with Gasteiger partial charge in [-0.2, -0.15) is 0 Å². The van der Waals surface area contributed by atoms with E-state index in [2.05, 4.69) is 5.32 Å². The minimum Gasteiger partial charge on any atom is -0.445 e. The summed E-state index contributed by atoms with van der Waals surface area (Å²) in [4.78, 5) is 26.3. The van der Waals surface area contributed by atoms with Gasteiger partial charge in [0, 0.05) is 18.1 Å². The first-order chi connectivity index (χ1) is 13.6. The molecule has 7 heteroatoms. The fourth-order valence-corrected chi connectivity index (χ4v) is 5.60. The van der Waals surface area contributed by atoms with Gasteiger partial charge in [-0.05, 0) is 35.4 Å². The van der Waals surface area contributed by atoms with Gasteiger partial charge in [-0.15, -0.1) is 11.8 Å². The first-order valence-electron chi connectivity index (χ1n) is 9.27. The number of hydrogen-bond donors (Lipinski definition) is 1. The number of benzene rings is 2. The number of halogens is 1. The van der Waals surface area contributed by atoms with Gasteiger partial charge in [0.2, 0.25) is 5.91 Å². The molecule has 5 nitrogen and oxygen atoms in total. The number of carbonyl (C=O) groups is 2. The molecule has 0 bridgehead atoms. The van der Waals surface area contributed by atoms with Crippen LogP contribution in [-0.4, -0.2) is 35.7 Å². The Kier molecular flexibility index (Phi) is 5.51. The lowest BCUT2D eigenvalue weighted by Crippen LogP contribution is -2.70. The van der Waals surface area contributed by atoms with Crippen LogP contribution in [0.15, 0.2) is 54.6 Å². The maximum atomic E-state index is 12.7. The maximum absolute atomic E-state index is 12.7. The predicted octanol–water partition coefficient (Wildman–Crippen LogP) is 4.01. The molecule has 2 aromatic carbocycles. The van der Waals surface area contributed by atoms with Gasteiger partial charge in [-0.3, -0.25) is 4.79 Å². The van der Waals surface area contributed by atoms with Gasteiger partial charge in [0.05, 0.1) is 5.92 Å². The van der Waals surface area contributed by atoms with E-state index < -0.39 is 11.0 Å². The lowest BCUT2D eigenvalue weighted by atomic mass is 9.80. The summed E-state index contributed by atoms with van der Waals surface area (Å²) in [7, 11) is 0. The molecular weight excluding hydrogens is 396 g/mol. The summed E-state index contributed by atoms with van der Waals surface area (Å²) < 4.78 is 5.27. The van der Waals surface area contributed by atoms with Crippen LogP contribution in [0.4, 0.5) is 4.79 Å². The normalized spacial score (nSPS) is 23.5. The minimum absolute atomic E-state index is 0.0745. The van der Waals surface area contributed by atoms with Crippen LogP contribution in [0.3, 0.4) is 0 Å². The standard InChI is InChI=1S/C21H21ClN2O3S/c22-17-9-7-16(8-10-17)21-18(19(25)24(21)11-4-12-28-21)13-23-20(26)27-14-15-5-2-1-3-6-15/h1-3,5-10,18H,4,11-14H2,(H,23,26)/t18-,21+/m1/s1. The number of hydrogen-bond acceptors (Lipinski definition) is 4. The van der Waals surface area contributed by atoms with E-state index >= 15 is 0 Å². The van der Waals surface area contributed by atoms with Crippen molar-refractivity contribution in [3.63, 3.8) is 0 Å². The minimum atomic E-state index is -0.512. The first kappa shape index (κ1) is 19.2. The zero-order valence-corrected chi connectivity index (χ0v) is 16.8. The molecule has 2 aromatic rings. The number of amides is 2. The smallest absolute Gasteiger partial charge is 0.407 e. The molecule has 2 atom stereocenters. The molecule has 2 fully saturated rings. The zero-order valence-electron chi connectivity index (χ0n) is 15.3. The summed E-state index contributed by atoms with van der Waals surface area (Å²) >= 11 is 7.81. The van der Waals surface area contributed by atoms with Gasteiger partial charge in [-0.1, -0.05) is 54.1 Å². The van der Waals surface area contributed by atoms with E-state index in [1.807, 2.05) is 59.5 Å². The molecule has 2 aliphatic rings. The fraction of sp³-hybridized carbons (Fsp3) is 0.333. The monoisotopic (exact) mass is 416 g/mol. The molecule has 4 rings (SSSR count). The number of alkyl carbamates (subject to hydrolysis) is 1. The summed E-state index contributed by atoms with van der Waals surface area (Å²) in [5, 5.41) is 3.44. The second kappa shape index (κ2) is 8.05.